The molecule has 0 aromatic heterocycles. The molecule has 2 heteroatoms. The predicted octanol–water partition coefficient (Wildman–Crippen LogP) is 4.27. The third-order valence-electron chi connectivity index (χ3n) is 4.24. The van der Waals surface area contributed by atoms with Crippen LogP contribution in [0.25, 0.3) is 0 Å². The minimum atomic E-state index is -0.700. The van der Waals surface area contributed by atoms with Crippen LogP contribution in [0.2, 0.25) is 0 Å². The first kappa shape index (κ1) is 17.2. The van der Waals surface area contributed by atoms with Crippen LogP contribution in [0.4, 0.5) is 0 Å². The molecule has 0 heterocycles. The van der Waals surface area contributed by atoms with Gasteiger partial charge >= 0.3 is 0 Å². The van der Waals surface area contributed by atoms with Crippen molar-refractivity contribution in [3.63, 3.8) is 0 Å². The maximum absolute atomic E-state index is 10.4. The van der Waals surface area contributed by atoms with Crippen LogP contribution in [-0.4, -0.2) is 18.0 Å². The molecule has 0 aliphatic carbocycles. The molecule has 0 spiro atoms. The third kappa shape index (κ3) is 4.92. The van der Waals surface area contributed by atoms with Crippen molar-refractivity contribution < 1.29 is 9.84 Å². The van der Waals surface area contributed by atoms with Gasteiger partial charge in [-0.1, -0.05) is 65.0 Å². The Kier molecular flexibility index (Phi) is 6.70. The molecule has 2 nitrogen and oxygen atoms in total. The molecular formula is C18H30O2. The summed E-state index contributed by atoms with van der Waals surface area (Å²) in [5.74, 6) is 0.936. The lowest BCUT2D eigenvalue weighted by Crippen LogP contribution is -2.40. The molecule has 114 valence electrons. The number of aliphatic hydroxyl groups is 1. The maximum atomic E-state index is 10.4. The zero-order valence-electron chi connectivity index (χ0n) is 13.6. The van der Waals surface area contributed by atoms with Crippen LogP contribution < -0.4 is 0 Å². The van der Waals surface area contributed by atoms with Gasteiger partial charge in [0.25, 0.3) is 0 Å². The molecule has 1 aromatic carbocycles. The van der Waals surface area contributed by atoms with Crippen molar-refractivity contribution in [3.05, 3.63) is 35.9 Å². The van der Waals surface area contributed by atoms with Crippen molar-refractivity contribution in [2.75, 3.05) is 6.61 Å². The first-order valence-corrected chi connectivity index (χ1v) is 7.70. The van der Waals surface area contributed by atoms with Crippen LogP contribution in [0.15, 0.2) is 30.3 Å². The fourth-order valence-electron chi connectivity index (χ4n) is 2.62. The number of hydrogen-bond donors (Lipinski definition) is 1. The lowest BCUT2D eigenvalue weighted by Gasteiger charge is -2.39. The van der Waals surface area contributed by atoms with Gasteiger partial charge in [-0.2, -0.15) is 0 Å². The van der Waals surface area contributed by atoms with Crippen molar-refractivity contribution in [1.29, 1.82) is 0 Å². The lowest BCUT2D eigenvalue weighted by atomic mass is 9.72. The second-order valence-electron chi connectivity index (χ2n) is 6.72. The highest BCUT2D eigenvalue weighted by atomic mass is 16.6. The highest BCUT2D eigenvalue weighted by Crippen LogP contribution is 2.38. The Morgan fingerprint density at radius 3 is 2.20 bits per heavy atom. The molecule has 0 aliphatic heterocycles. The Labute approximate surface area is 124 Å². The smallest absolute Gasteiger partial charge is 0.160 e. The number of rotatable bonds is 8. The molecule has 1 aromatic rings. The molecular weight excluding hydrogens is 248 g/mol. The summed E-state index contributed by atoms with van der Waals surface area (Å²) >= 11 is 0. The Bertz CT molecular complexity index is 372. The summed E-state index contributed by atoms with van der Waals surface area (Å²) in [4.78, 5) is 0. The topological polar surface area (TPSA) is 29.5 Å². The minimum Gasteiger partial charge on any atom is -0.367 e. The van der Waals surface area contributed by atoms with Gasteiger partial charge < -0.3 is 9.84 Å². The van der Waals surface area contributed by atoms with Crippen molar-refractivity contribution in [1.82, 2.24) is 0 Å². The normalized spacial score (nSPS) is 16.4. The molecule has 0 saturated carbocycles. The van der Waals surface area contributed by atoms with Gasteiger partial charge in [-0.15, -0.1) is 0 Å². The number of hydrogen-bond acceptors (Lipinski definition) is 2. The summed E-state index contributed by atoms with van der Waals surface area (Å²) in [5, 5.41) is 10.4. The molecule has 0 saturated heterocycles. The molecule has 1 N–H and O–H groups in total. The van der Waals surface area contributed by atoms with Gasteiger partial charge in [-0.25, -0.2) is 0 Å². The summed E-state index contributed by atoms with van der Waals surface area (Å²) < 4.78 is 5.73. The Balaban J connectivity index is 2.52. The average molecular weight is 278 g/mol. The van der Waals surface area contributed by atoms with Crippen LogP contribution in [0.1, 0.15) is 46.6 Å². The summed E-state index contributed by atoms with van der Waals surface area (Å²) in [6, 6.07) is 10.3. The molecule has 2 atom stereocenters. The highest BCUT2D eigenvalue weighted by Gasteiger charge is 2.37. The summed E-state index contributed by atoms with van der Waals surface area (Å²) in [6.45, 7) is 11.4. The van der Waals surface area contributed by atoms with E-state index in [2.05, 4.69) is 46.8 Å². The van der Waals surface area contributed by atoms with E-state index in [0.717, 1.165) is 12.8 Å². The molecule has 2 unspecified atom stereocenters. The van der Waals surface area contributed by atoms with Gasteiger partial charge in [-0.3, -0.25) is 0 Å². The van der Waals surface area contributed by atoms with Gasteiger partial charge in [0.2, 0.25) is 0 Å². The molecule has 0 fully saturated rings. The standard InChI is InChI=1S/C18H30O2/c1-14(2)13-18(5,15(3)4)17(19)20-12-11-16-9-7-6-8-10-16/h6-10,14-15,17,19H,11-13H2,1-5H3. The van der Waals surface area contributed by atoms with Gasteiger partial charge in [0.15, 0.2) is 6.29 Å². The van der Waals surface area contributed by atoms with Crippen LogP contribution in [0.5, 0.6) is 0 Å². The van der Waals surface area contributed by atoms with E-state index in [-0.39, 0.29) is 5.41 Å². The SMILES string of the molecule is CC(C)CC(C)(C(C)C)C(O)OCCc1ccccc1. The van der Waals surface area contributed by atoms with Gasteiger partial charge in [-0.05, 0) is 30.2 Å². The quantitative estimate of drug-likeness (QED) is 0.719. The fraction of sp³-hybridized carbons (Fsp3) is 0.667. The molecule has 0 amide bonds. The van der Waals surface area contributed by atoms with E-state index in [1.807, 2.05) is 18.2 Å². The average Bonchev–Trinajstić information content (AvgIpc) is 2.38. The third-order valence-corrected chi connectivity index (χ3v) is 4.24. The van der Waals surface area contributed by atoms with Crippen molar-refractivity contribution in [2.24, 2.45) is 17.3 Å². The highest BCUT2D eigenvalue weighted by molar-refractivity contribution is 5.14. The number of benzene rings is 1. The van der Waals surface area contributed by atoms with E-state index in [1.54, 1.807) is 0 Å². The van der Waals surface area contributed by atoms with Crippen molar-refractivity contribution in [2.45, 2.75) is 53.8 Å². The van der Waals surface area contributed by atoms with Gasteiger partial charge in [0.1, 0.15) is 0 Å². The largest absolute Gasteiger partial charge is 0.367 e. The summed E-state index contributed by atoms with van der Waals surface area (Å²) in [6.07, 6.45) is 1.11. The molecule has 0 aliphatic rings. The van der Waals surface area contributed by atoms with Crippen molar-refractivity contribution in [3.8, 4) is 0 Å². The van der Waals surface area contributed by atoms with Crippen LogP contribution >= 0.6 is 0 Å². The van der Waals surface area contributed by atoms with E-state index in [9.17, 15) is 5.11 Å². The first-order chi connectivity index (χ1) is 9.36. The van der Waals surface area contributed by atoms with E-state index in [0.29, 0.717) is 18.4 Å². The maximum Gasteiger partial charge on any atom is 0.160 e. The van der Waals surface area contributed by atoms with Crippen LogP contribution in [0.3, 0.4) is 0 Å². The zero-order chi connectivity index (χ0) is 15.2. The van der Waals surface area contributed by atoms with E-state index in [1.165, 1.54) is 5.56 Å². The van der Waals surface area contributed by atoms with Crippen LogP contribution in [-0.2, 0) is 11.2 Å². The molecule has 1 rings (SSSR count). The van der Waals surface area contributed by atoms with E-state index < -0.39 is 6.29 Å². The molecule has 20 heavy (non-hydrogen) atoms. The molecule has 0 bridgehead atoms. The first-order valence-electron chi connectivity index (χ1n) is 7.70. The summed E-state index contributed by atoms with van der Waals surface area (Å²) in [5.41, 5.74) is 1.06. The lowest BCUT2D eigenvalue weighted by molar-refractivity contribution is -0.189. The van der Waals surface area contributed by atoms with E-state index >= 15 is 0 Å². The monoisotopic (exact) mass is 278 g/mol. The fourth-order valence-corrected chi connectivity index (χ4v) is 2.62. The second kappa shape index (κ2) is 7.80. The Morgan fingerprint density at radius 2 is 1.70 bits per heavy atom. The van der Waals surface area contributed by atoms with Crippen molar-refractivity contribution >= 4 is 0 Å². The van der Waals surface area contributed by atoms with Crippen LogP contribution in [0, 0.1) is 17.3 Å². The second-order valence-corrected chi connectivity index (χ2v) is 6.72. The predicted molar refractivity (Wildman–Crippen MR) is 84.5 cm³/mol. The minimum absolute atomic E-state index is 0.190. The number of aliphatic hydroxyl groups excluding tert-OH is 1. The van der Waals surface area contributed by atoms with Gasteiger partial charge in [0, 0.05) is 5.41 Å². The van der Waals surface area contributed by atoms with Gasteiger partial charge in [0.05, 0.1) is 6.61 Å². The van der Waals surface area contributed by atoms with E-state index in [4.69, 9.17) is 4.74 Å². The zero-order valence-corrected chi connectivity index (χ0v) is 13.6. The Morgan fingerprint density at radius 1 is 1.10 bits per heavy atom. The summed E-state index contributed by atoms with van der Waals surface area (Å²) in [7, 11) is 0. The Hall–Kier alpha value is -0.860. The number of ether oxygens (including phenoxy) is 1. The molecule has 0 radical (unpaired) electrons.